The van der Waals surface area contributed by atoms with Gasteiger partial charge >= 0.3 is 6.09 Å². The minimum Gasteiger partial charge on any atom is -0.487 e. The lowest BCUT2D eigenvalue weighted by Gasteiger charge is -2.47. The topological polar surface area (TPSA) is 38.8 Å². The molecule has 1 fully saturated rings. The standard InChI is InChI=1S/C20H28BrNO3/c1-13(2)17-12-20(25-18-6-5-15(21)11-16(17)18)7-9-22(10-8-20)19(23)24-14(3)4/h5-6,11,13-14,17H,7-10,12H2,1-4H3. The Bertz CT molecular complexity index is 636. The van der Waals surface area contributed by atoms with Gasteiger partial charge in [0.1, 0.15) is 11.4 Å². The molecule has 1 unspecified atom stereocenters. The molecule has 2 aliphatic rings. The van der Waals surface area contributed by atoms with E-state index < -0.39 is 0 Å². The van der Waals surface area contributed by atoms with Gasteiger partial charge in [0.25, 0.3) is 0 Å². The van der Waals surface area contributed by atoms with Crippen LogP contribution in [0.4, 0.5) is 4.79 Å². The number of carbonyl (C=O) groups excluding carboxylic acids is 1. The second-order valence-electron chi connectivity index (χ2n) is 7.94. The van der Waals surface area contributed by atoms with Crippen LogP contribution in [0, 0.1) is 5.92 Å². The maximum Gasteiger partial charge on any atom is 0.410 e. The molecule has 1 aromatic rings. The zero-order valence-electron chi connectivity index (χ0n) is 15.5. The number of likely N-dealkylation sites (tertiary alicyclic amines) is 1. The predicted molar refractivity (Wildman–Crippen MR) is 102 cm³/mol. The Morgan fingerprint density at radius 3 is 2.56 bits per heavy atom. The predicted octanol–water partition coefficient (Wildman–Crippen LogP) is 5.35. The van der Waals surface area contributed by atoms with Crippen molar-refractivity contribution in [2.75, 3.05) is 13.1 Å². The van der Waals surface area contributed by atoms with E-state index in [0.29, 0.717) is 24.9 Å². The van der Waals surface area contributed by atoms with Gasteiger partial charge in [-0.15, -0.1) is 0 Å². The van der Waals surface area contributed by atoms with Gasteiger partial charge in [-0.1, -0.05) is 29.8 Å². The van der Waals surface area contributed by atoms with E-state index in [1.807, 2.05) is 24.8 Å². The van der Waals surface area contributed by atoms with Gasteiger partial charge in [0.05, 0.1) is 6.10 Å². The number of piperidine rings is 1. The summed E-state index contributed by atoms with van der Waals surface area (Å²) in [6.07, 6.45) is 2.45. The molecule has 1 aromatic carbocycles. The van der Waals surface area contributed by atoms with Crippen LogP contribution in [0.25, 0.3) is 0 Å². The number of amides is 1. The average molecular weight is 410 g/mol. The third kappa shape index (κ3) is 3.97. The van der Waals surface area contributed by atoms with Crippen molar-refractivity contribution in [3.63, 3.8) is 0 Å². The van der Waals surface area contributed by atoms with E-state index in [0.717, 1.165) is 29.5 Å². The van der Waals surface area contributed by atoms with E-state index in [1.54, 1.807) is 0 Å². The fraction of sp³-hybridized carbons (Fsp3) is 0.650. The van der Waals surface area contributed by atoms with Crippen molar-refractivity contribution >= 4 is 22.0 Å². The highest BCUT2D eigenvalue weighted by molar-refractivity contribution is 9.10. The van der Waals surface area contributed by atoms with Crippen molar-refractivity contribution in [3.05, 3.63) is 28.2 Å². The van der Waals surface area contributed by atoms with Gasteiger partial charge in [-0.3, -0.25) is 0 Å². The largest absolute Gasteiger partial charge is 0.487 e. The van der Waals surface area contributed by atoms with E-state index >= 15 is 0 Å². The molecule has 0 aromatic heterocycles. The summed E-state index contributed by atoms with van der Waals surface area (Å²) >= 11 is 3.58. The van der Waals surface area contributed by atoms with Crippen LogP contribution in [0.2, 0.25) is 0 Å². The summed E-state index contributed by atoms with van der Waals surface area (Å²) in [6, 6.07) is 6.32. The number of ether oxygens (including phenoxy) is 2. The molecule has 0 aliphatic carbocycles. The van der Waals surface area contributed by atoms with Crippen molar-refractivity contribution in [3.8, 4) is 5.75 Å². The molecule has 1 spiro atoms. The molecule has 0 bridgehead atoms. The molecule has 2 aliphatic heterocycles. The van der Waals surface area contributed by atoms with Crippen molar-refractivity contribution < 1.29 is 14.3 Å². The Morgan fingerprint density at radius 2 is 1.96 bits per heavy atom. The molecule has 3 rings (SSSR count). The molecule has 0 N–H and O–H groups in total. The average Bonchev–Trinajstić information content (AvgIpc) is 2.54. The van der Waals surface area contributed by atoms with Crippen LogP contribution in [0.1, 0.15) is 58.4 Å². The first-order valence-electron chi connectivity index (χ1n) is 9.24. The molecule has 25 heavy (non-hydrogen) atoms. The molecule has 1 atom stereocenters. The Morgan fingerprint density at radius 1 is 1.28 bits per heavy atom. The smallest absolute Gasteiger partial charge is 0.410 e. The fourth-order valence-electron chi connectivity index (χ4n) is 3.96. The zero-order chi connectivity index (χ0) is 18.2. The van der Waals surface area contributed by atoms with E-state index in [9.17, 15) is 4.79 Å². The number of benzene rings is 1. The van der Waals surface area contributed by atoms with Crippen molar-refractivity contribution in [1.82, 2.24) is 4.90 Å². The Labute approximate surface area is 159 Å². The third-order valence-electron chi connectivity index (χ3n) is 5.36. The highest BCUT2D eigenvalue weighted by Crippen LogP contribution is 2.48. The van der Waals surface area contributed by atoms with Crippen molar-refractivity contribution in [2.45, 2.75) is 64.6 Å². The van der Waals surface area contributed by atoms with Gasteiger partial charge in [0.2, 0.25) is 0 Å². The van der Waals surface area contributed by atoms with Crippen LogP contribution < -0.4 is 4.74 Å². The summed E-state index contributed by atoms with van der Waals surface area (Å²) in [5, 5.41) is 0. The lowest BCUT2D eigenvalue weighted by Crippen LogP contribution is -2.52. The van der Waals surface area contributed by atoms with Gasteiger partial charge in [-0.25, -0.2) is 4.79 Å². The Kier molecular flexibility index (Phi) is 5.33. The minimum absolute atomic E-state index is 0.0787. The molecular formula is C20H28BrNO3. The summed E-state index contributed by atoms with van der Waals surface area (Å²) in [5.74, 6) is 2.04. The monoisotopic (exact) mass is 409 g/mol. The lowest BCUT2D eigenvalue weighted by atomic mass is 9.73. The maximum atomic E-state index is 12.1. The molecule has 2 heterocycles. The number of carbonyl (C=O) groups is 1. The van der Waals surface area contributed by atoms with E-state index in [4.69, 9.17) is 9.47 Å². The first kappa shape index (κ1) is 18.6. The summed E-state index contributed by atoms with van der Waals surface area (Å²) in [7, 11) is 0. The number of hydrogen-bond donors (Lipinski definition) is 0. The summed E-state index contributed by atoms with van der Waals surface area (Å²) in [4.78, 5) is 14.0. The molecule has 138 valence electrons. The number of halogens is 1. The van der Waals surface area contributed by atoms with Gasteiger partial charge in [-0.05, 0) is 55.9 Å². The third-order valence-corrected chi connectivity index (χ3v) is 5.86. The van der Waals surface area contributed by atoms with Crippen LogP contribution in [0.5, 0.6) is 5.75 Å². The lowest BCUT2D eigenvalue weighted by molar-refractivity contribution is -0.0277. The first-order chi connectivity index (χ1) is 11.8. The molecule has 0 radical (unpaired) electrons. The molecule has 0 saturated carbocycles. The van der Waals surface area contributed by atoms with E-state index in [1.165, 1.54) is 5.56 Å². The second-order valence-corrected chi connectivity index (χ2v) is 8.86. The minimum atomic E-state index is -0.203. The maximum absolute atomic E-state index is 12.1. The highest BCUT2D eigenvalue weighted by atomic mass is 79.9. The van der Waals surface area contributed by atoms with Crippen molar-refractivity contribution in [2.24, 2.45) is 5.92 Å². The molecule has 4 nitrogen and oxygen atoms in total. The SMILES string of the molecule is CC(C)OC(=O)N1CCC2(CC1)CC(C(C)C)c1cc(Br)ccc1O2. The van der Waals surface area contributed by atoms with Crippen LogP contribution in [-0.2, 0) is 4.74 Å². The Hall–Kier alpha value is -1.23. The number of hydrogen-bond acceptors (Lipinski definition) is 3. The number of rotatable bonds is 2. The van der Waals surface area contributed by atoms with E-state index in [2.05, 4.69) is 41.9 Å². The normalized spacial score (nSPS) is 22.0. The first-order valence-corrected chi connectivity index (χ1v) is 10.0. The molecule has 1 saturated heterocycles. The van der Waals surface area contributed by atoms with Crippen LogP contribution in [-0.4, -0.2) is 35.8 Å². The van der Waals surface area contributed by atoms with Gasteiger partial charge in [0.15, 0.2) is 0 Å². The Balaban J connectivity index is 1.76. The van der Waals surface area contributed by atoms with Gasteiger partial charge in [-0.2, -0.15) is 0 Å². The molecular weight excluding hydrogens is 382 g/mol. The van der Waals surface area contributed by atoms with E-state index in [-0.39, 0.29) is 17.8 Å². The van der Waals surface area contributed by atoms with Gasteiger partial charge < -0.3 is 14.4 Å². The van der Waals surface area contributed by atoms with Crippen LogP contribution in [0.3, 0.4) is 0 Å². The quantitative estimate of drug-likeness (QED) is 0.660. The molecule has 1 amide bonds. The number of nitrogens with zero attached hydrogens (tertiary/aromatic N) is 1. The summed E-state index contributed by atoms with van der Waals surface area (Å²) in [5.41, 5.74) is 1.14. The van der Waals surface area contributed by atoms with Crippen LogP contribution >= 0.6 is 15.9 Å². The van der Waals surface area contributed by atoms with Crippen LogP contribution in [0.15, 0.2) is 22.7 Å². The zero-order valence-corrected chi connectivity index (χ0v) is 17.1. The second kappa shape index (κ2) is 7.18. The summed E-state index contributed by atoms with van der Waals surface area (Å²) in [6.45, 7) is 9.73. The van der Waals surface area contributed by atoms with Gasteiger partial charge in [0, 0.05) is 30.4 Å². The van der Waals surface area contributed by atoms with Crippen molar-refractivity contribution in [1.29, 1.82) is 0 Å². The molecule has 5 heteroatoms. The number of fused-ring (bicyclic) bond motifs is 1. The summed E-state index contributed by atoms with van der Waals surface area (Å²) < 4.78 is 12.9. The highest BCUT2D eigenvalue weighted by Gasteiger charge is 2.44. The fourth-order valence-corrected chi connectivity index (χ4v) is 4.34.